The van der Waals surface area contributed by atoms with E-state index in [1.54, 1.807) is 13.8 Å². The Morgan fingerprint density at radius 2 is 2.05 bits per heavy atom. The summed E-state index contributed by atoms with van der Waals surface area (Å²) in [7, 11) is -3.40. The lowest BCUT2D eigenvalue weighted by Gasteiger charge is -2.23. The standard InChI is InChI=1S/C15H24N2O4S/c1-12(2)17(22(4,19)20)11-15(18)16-8-9-21-14-7-5-6-13(3)10-14/h5-7,10,12H,8-9,11H2,1-4H3,(H,16,18). The SMILES string of the molecule is Cc1cccc(OCCNC(=O)CN(C(C)C)S(C)(=O)=O)c1. The van der Waals surface area contributed by atoms with Crippen LogP contribution in [0.3, 0.4) is 0 Å². The zero-order valence-corrected chi connectivity index (χ0v) is 14.3. The second-order valence-corrected chi connectivity index (χ2v) is 7.35. The van der Waals surface area contributed by atoms with Gasteiger partial charge in [0.05, 0.1) is 19.3 Å². The first-order chi connectivity index (χ1) is 10.2. The van der Waals surface area contributed by atoms with Crippen LogP contribution in [0.5, 0.6) is 5.75 Å². The number of benzene rings is 1. The molecule has 1 amide bonds. The number of carbonyl (C=O) groups excluding carboxylic acids is 1. The molecule has 0 aliphatic carbocycles. The van der Waals surface area contributed by atoms with Crippen LogP contribution in [-0.2, 0) is 14.8 Å². The number of aryl methyl sites for hydroxylation is 1. The minimum Gasteiger partial charge on any atom is -0.492 e. The molecule has 1 aromatic rings. The van der Waals surface area contributed by atoms with Gasteiger partial charge in [-0.2, -0.15) is 4.31 Å². The molecule has 0 unspecified atom stereocenters. The molecule has 0 saturated heterocycles. The van der Waals surface area contributed by atoms with Crippen LogP contribution in [0.1, 0.15) is 19.4 Å². The highest BCUT2D eigenvalue weighted by Gasteiger charge is 2.22. The van der Waals surface area contributed by atoms with E-state index < -0.39 is 10.0 Å². The van der Waals surface area contributed by atoms with Gasteiger partial charge in [-0.05, 0) is 38.5 Å². The maximum Gasteiger partial charge on any atom is 0.235 e. The summed E-state index contributed by atoms with van der Waals surface area (Å²) >= 11 is 0. The number of amides is 1. The molecule has 0 heterocycles. The van der Waals surface area contributed by atoms with Gasteiger partial charge in [-0.15, -0.1) is 0 Å². The van der Waals surface area contributed by atoms with Gasteiger partial charge < -0.3 is 10.1 Å². The molecule has 1 aromatic carbocycles. The average Bonchev–Trinajstić information content (AvgIpc) is 2.39. The highest BCUT2D eigenvalue weighted by atomic mass is 32.2. The van der Waals surface area contributed by atoms with Crippen molar-refractivity contribution >= 4 is 15.9 Å². The van der Waals surface area contributed by atoms with Crippen LogP contribution in [0.25, 0.3) is 0 Å². The molecule has 0 fully saturated rings. The number of hydrogen-bond acceptors (Lipinski definition) is 4. The molecule has 124 valence electrons. The van der Waals surface area contributed by atoms with Crippen LogP contribution >= 0.6 is 0 Å². The largest absolute Gasteiger partial charge is 0.492 e. The monoisotopic (exact) mass is 328 g/mol. The smallest absolute Gasteiger partial charge is 0.235 e. The zero-order chi connectivity index (χ0) is 16.8. The Morgan fingerprint density at radius 1 is 1.36 bits per heavy atom. The Hall–Kier alpha value is -1.60. The van der Waals surface area contributed by atoms with Crippen molar-refractivity contribution < 1.29 is 17.9 Å². The number of sulfonamides is 1. The second-order valence-electron chi connectivity index (χ2n) is 5.42. The number of nitrogens with one attached hydrogen (secondary N) is 1. The topological polar surface area (TPSA) is 75.7 Å². The van der Waals surface area contributed by atoms with Crippen molar-refractivity contribution in [3.05, 3.63) is 29.8 Å². The summed E-state index contributed by atoms with van der Waals surface area (Å²) in [5.41, 5.74) is 1.10. The van der Waals surface area contributed by atoms with E-state index in [2.05, 4.69) is 5.32 Å². The second kappa shape index (κ2) is 8.14. The third-order valence-corrected chi connectivity index (χ3v) is 4.39. The fraction of sp³-hybridized carbons (Fsp3) is 0.533. The lowest BCUT2D eigenvalue weighted by Crippen LogP contribution is -2.44. The molecule has 0 aliphatic rings. The molecule has 0 radical (unpaired) electrons. The molecule has 0 bridgehead atoms. The third kappa shape index (κ3) is 6.44. The van der Waals surface area contributed by atoms with Gasteiger partial charge in [-0.1, -0.05) is 12.1 Å². The molecule has 0 spiro atoms. The fourth-order valence-corrected chi connectivity index (χ4v) is 3.06. The summed E-state index contributed by atoms with van der Waals surface area (Å²) in [6.45, 7) is 5.91. The van der Waals surface area contributed by atoms with Gasteiger partial charge in [0.25, 0.3) is 0 Å². The van der Waals surface area contributed by atoms with Crippen molar-refractivity contribution in [2.24, 2.45) is 0 Å². The quantitative estimate of drug-likeness (QED) is 0.727. The minimum absolute atomic E-state index is 0.180. The predicted octanol–water partition coefficient (Wildman–Crippen LogP) is 1.16. The van der Waals surface area contributed by atoms with E-state index in [0.717, 1.165) is 21.9 Å². The number of nitrogens with zero attached hydrogens (tertiary/aromatic N) is 1. The van der Waals surface area contributed by atoms with Crippen LogP contribution < -0.4 is 10.1 Å². The highest BCUT2D eigenvalue weighted by Crippen LogP contribution is 2.11. The minimum atomic E-state index is -3.40. The maximum absolute atomic E-state index is 11.8. The Morgan fingerprint density at radius 3 is 2.59 bits per heavy atom. The number of rotatable bonds is 8. The molecule has 1 rings (SSSR count). The zero-order valence-electron chi connectivity index (χ0n) is 13.5. The number of carbonyl (C=O) groups is 1. The molecule has 7 heteroatoms. The molecule has 1 N–H and O–H groups in total. The molecule has 0 saturated carbocycles. The molecule has 0 aliphatic heterocycles. The lowest BCUT2D eigenvalue weighted by atomic mass is 10.2. The van der Waals surface area contributed by atoms with E-state index >= 15 is 0 Å². The van der Waals surface area contributed by atoms with Gasteiger partial charge in [0.15, 0.2) is 0 Å². The van der Waals surface area contributed by atoms with Crippen molar-refractivity contribution in [1.82, 2.24) is 9.62 Å². The highest BCUT2D eigenvalue weighted by molar-refractivity contribution is 7.88. The first-order valence-corrected chi connectivity index (χ1v) is 8.98. The number of ether oxygens (including phenoxy) is 1. The first kappa shape index (κ1) is 18.4. The van der Waals surface area contributed by atoms with Crippen molar-refractivity contribution in [1.29, 1.82) is 0 Å². The summed E-state index contributed by atoms with van der Waals surface area (Å²) in [6.07, 6.45) is 1.10. The summed E-state index contributed by atoms with van der Waals surface area (Å²) < 4.78 is 29.8. The van der Waals surface area contributed by atoms with Crippen LogP contribution in [0, 0.1) is 6.92 Å². The van der Waals surface area contributed by atoms with Gasteiger partial charge in [0, 0.05) is 6.04 Å². The lowest BCUT2D eigenvalue weighted by molar-refractivity contribution is -0.121. The van der Waals surface area contributed by atoms with Crippen LogP contribution in [0.15, 0.2) is 24.3 Å². The van der Waals surface area contributed by atoms with Crippen LogP contribution in [0.4, 0.5) is 0 Å². The summed E-state index contributed by atoms with van der Waals surface area (Å²) in [4.78, 5) is 11.8. The third-order valence-electron chi connectivity index (χ3n) is 2.98. The molecule has 22 heavy (non-hydrogen) atoms. The van der Waals surface area contributed by atoms with Gasteiger partial charge in [0.1, 0.15) is 12.4 Å². The Kier molecular flexibility index (Phi) is 6.83. The van der Waals surface area contributed by atoms with Gasteiger partial charge in [-0.3, -0.25) is 4.79 Å². The van der Waals surface area contributed by atoms with Crippen molar-refractivity contribution in [3.8, 4) is 5.75 Å². The average molecular weight is 328 g/mol. The van der Waals surface area contributed by atoms with Crippen molar-refractivity contribution in [3.63, 3.8) is 0 Å². The summed E-state index contributed by atoms with van der Waals surface area (Å²) in [5.74, 6) is 0.404. The van der Waals surface area contributed by atoms with Crippen LogP contribution in [0.2, 0.25) is 0 Å². The normalized spacial score (nSPS) is 11.7. The Balaban J connectivity index is 2.37. The van der Waals surface area contributed by atoms with E-state index in [0.29, 0.717) is 13.2 Å². The summed E-state index contributed by atoms with van der Waals surface area (Å²) in [5, 5.41) is 2.65. The van der Waals surface area contributed by atoms with Gasteiger partial charge >= 0.3 is 0 Å². The first-order valence-electron chi connectivity index (χ1n) is 7.13. The maximum atomic E-state index is 11.8. The molecular weight excluding hydrogens is 304 g/mol. The summed E-state index contributed by atoms with van der Waals surface area (Å²) in [6, 6.07) is 7.37. The van der Waals surface area contributed by atoms with Gasteiger partial charge in [0.2, 0.25) is 15.9 Å². The van der Waals surface area contributed by atoms with E-state index in [-0.39, 0.29) is 18.5 Å². The van der Waals surface area contributed by atoms with Crippen LogP contribution in [-0.4, -0.2) is 50.6 Å². The van der Waals surface area contributed by atoms with Gasteiger partial charge in [-0.25, -0.2) is 8.42 Å². The molecule has 0 aromatic heterocycles. The Bertz CT molecular complexity index is 599. The van der Waals surface area contributed by atoms with Crippen molar-refractivity contribution in [2.75, 3.05) is 26.0 Å². The predicted molar refractivity (Wildman–Crippen MR) is 86.4 cm³/mol. The number of hydrogen-bond donors (Lipinski definition) is 1. The van der Waals surface area contributed by atoms with E-state index in [4.69, 9.17) is 4.74 Å². The molecule has 6 nitrogen and oxygen atoms in total. The fourth-order valence-electron chi connectivity index (χ4n) is 1.94. The van der Waals surface area contributed by atoms with E-state index in [1.165, 1.54) is 0 Å². The van der Waals surface area contributed by atoms with E-state index in [9.17, 15) is 13.2 Å². The Labute approximate surface area is 132 Å². The molecular formula is C15H24N2O4S. The molecule has 0 atom stereocenters. The van der Waals surface area contributed by atoms with E-state index in [1.807, 2.05) is 31.2 Å². The van der Waals surface area contributed by atoms with Crippen molar-refractivity contribution in [2.45, 2.75) is 26.8 Å².